The van der Waals surface area contributed by atoms with E-state index in [4.69, 9.17) is 33.5 Å². The second-order valence-corrected chi connectivity index (χ2v) is 8.42. The maximum absolute atomic E-state index is 15.0. The van der Waals surface area contributed by atoms with Crippen LogP contribution in [0.15, 0.2) is 53.8 Å². The zero-order valence-corrected chi connectivity index (χ0v) is 19.6. The van der Waals surface area contributed by atoms with Crippen molar-refractivity contribution in [2.24, 2.45) is 10.7 Å². The number of nitrogens with one attached hydrogen (secondary N) is 1. The van der Waals surface area contributed by atoms with E-state index in [1.165, 1.54) is 6.20 Å². The van der Waals surface area contributed by atoms with Gasteiger partial charge in [0.25, 0.3) is 0 Å². The van der Waals surface area contributed by atoms with Crippen LogP contribution in [0.4, 0.5) is 10.2 Å². The second kappa shape index (κ2) is 8.44. The lowest BCUT2D eigenvalue weighted by Crippen LogP contribution is -2.14. The van der Waals surface area contributed by atoms with Crippen molar-refractivity contribution in [1.29, 1.82) is 5.41 Å². The average Bonchev–Trinajstić information content (AvgIpc) is 3.16. The first-order chi connectivity index (χ1) is 16.8. The van der Waals surface area contributed by atoms with Gasteiger partial charge in [0, 0.05) is 28.9 Å². The van der Waals surface area contributed by atoms with Crippen LogP contribution in [0.2, 0.25) is 5.02 Å². The van der Waals surface area contributed by atoms with E-state index < -0.39 is 5.82 Å². The summed E-state index contributed by atoms with van der Waals surface area (Å²) in [5, 5.41) is 8.74. The number of halogens is 2. The molecule has 5 N–H and O–H groups in total. The van der Waals surface area contributed by atoms with E-state index in [9.17, 15) is 4.39 Å². The van der Waals surface area contributed by atoms with Crippen LogP contribution in [0.3, 0.4) is 0 Å². The van der Waals surface area contributed by atoms with Crippen LogP contribution in [0, 0.1) is 25.1 Å². The summed E-state index contributed by atoms with van der Waals surface area (Å²) in [6.07, 6.45) is 4.05. The molecule has 8 nitrogen and oxygen atoms in total. The first-order valence-electron chi connectivity index (χ1n) is 10.6. The minimum absolute atomic E-state index is 0.0817. The highest BCUT2D eigenvalue weighted by atomic mass is 35.5. The fourth-order valence-electron chi connectivity index (χ4n) is 4.32. The van der Waals surface area contributed by atoms with Gasteiger partial charge in [-0.05, 0) is 49.2 Å². The molecule has 3 aromatic heterocycles. The van der Waals surface area contributed by atoms with Crippen molar-refractivity contribution in [1.82, 2.24) is 19.5 Å². The molecule has 5 aromatic rings. The van der Waals surface area contributed by atoms with Crippen LogP contribution in [0.5, 0.6) is 0 Å². The third-order valence-corrected chi connectivity index (χ3v) is 6.17. The molecule has 0 aliphatic rings. The third-order valence-electron chi connectivity index (χ3n) is 5.86. The highest BCUT2D eigenvalue weighted by molar-refractivity contribution is 6.35. The van der Waals surface area contributed by atoms with Gasteiger partial charge < -0.3 is 11.5 Å². The van der Waals surface area contributed by atoms with Gasteiger partial charge in [-0.25, -0.2) is 19.4 Å². The SMILES string of the molecule is Cc1cnc2c(Cl)cccc2c1-n1c(C)nc2c(C(N)=NC=N)cc(-c3ccnc(N)c3F)cc21. The van der Waals surface area contributed by atoms with Crippen LogP contribution >= 0.6 is 11.6 Å². The van der Waals surface area contributed by atoms with Gasteiger partial charge in [-0.2, -0.15) is 0 Å². The molecule has 0 atom stereocenters. The molecule has 0 aliphatic heterocycles. The van der Waals surface area contributed by atoms with E-state index in [2.05, 4.69) is 15.0 Å². The predicted octanol–water partition coefficient (Wildman–Crippen LogP) is 4.94. The number of rotatable bonds is 4. The molecule has 0 radical (unpaired) electrons. The summed E-state index contributed by atoms with van der Waals surface area (Å²) in [6.45, 7) is 3.82. The van der Waals surface area contributed by atoms with Crippen LogP contribution < -0.4 is 11.5 Å². The fraction of sp³-hybridized carbons (Fsp3) is 0.0800. The number of nitrogens with two attached hydrogens (primary N) is 2. The number of benzene rings is 2. The molecule has 0 aliphatic carbocycles. The lowest BCUT2D eigenvalue weighted by molar-refractivity contribution is 0.631. The normalized spacial score (nSPS) is 11.9. The summed E-state index contributed by atoms with van der Waals surface area (Å²) >= 11 is 6.44. The number of pyridine rings is 2. The summed E-state index contributed by atoms with van der Waals surface area (Å²) in [7, 11) is 0. The number of aryl methyl sites for hydroxylation is 2. The molecular formula is C25H20ClFN8. The van der Waals surface area contributed by atoms with Gasteiger partial charge >= 0.3 is 0 Å². The fourth-order valence-corrected chi connectivity index (χ4v) is 4.54. The zero-order valence-electron chi connectivity index (χ0n) is 18.8. The number of hydrogen-bond donors (Lipinski definition) is 3. The van der Waals surface area contributed by atoms with Gasteiger partial charge in [0.2, 0.25) is 0 Å². The Morgan fingerprint density at radius 1 is 1.17 bits per heavy atom. The first-order valence-corrected chi connectivity index (χ1v) is 11.0. The summed E-state index contributed by atoms with van der Waals surface area (Å²) < 4.78 is 17.0. The van der Waals surface area contributed by atoms with E-state index in [0.717, 1.165) is 23.0 Å². The second-order valence-electron chi connectivity index (χ2n) is 8.01. The number of fused-ring (bicyclic) bond motifs is 2. The Kier molecular flexibility index (Phi) is 5.41. The van der Waals surface area contributed by atoms with Crippen LogP contribution in [0.1, 0.15) is 17.0 Å². The van der Waals surface area contributed by atoms with Crippen LogP contribution in [0.25, 0.3) is 38.8 Å². The van der Waals surface area contributed by atoms with Crippen molar-refractivity contribution in [2.45, 2.75) is 13.8 Å². The highest BCUT2D eigenvalue weighted by Crippen LogP contribution is 2.36. The quantitative estimate of drug-likeness (QED) is 0.244. The Balaban J connectivity index is 1.94. The Morgan fingerprint density at radius 2 is 1.97 bits per heavy atom. The van der Waals surface area contributed by atoms with Crippen molar-refractivity contribution < 1.29 is 4.39 Å². The number of aromatic nitrogens is 4. The molecule has 0 spiro atoms. The first kappa shape index (κ1) is 22.4. The van der Waals surface area contributed by atoms with E-state index in [1.807, 2.05) is 36.6 Å². The van der Waals surface area contributed by atoms with Crippen LogP contribution in [-0.2, 0) is 0 Å². The molecule has 0 amide bonds. The van der Waals surface area contributed by atoms with Crippen molar-refractivity contribution in [3.8, 4) is 16.8 Å². The molecule has 10 heteroatoms. The van der Waals surface area contributed by atoms with Gasteiger partial charge in [-0.15, -0.1) is 0 Å². The Labute approximate surface area is 204 Å². The minimum atomic E-state index is -0.638. The number of imidazole rings is 1. The summed E-state index contributed by atoms with van der Waals surface area (Å²) in [5.74, 6) is -0.0920. The Bertz CT molecular complexity index is 1690. The lowest BCUT2D eigenvalue weighted by atomic mass is 10.0. The molecule has 2 aromatic carbocycles. The smallest absolute Gasteiger partial charge is 0.173 e. The largest absolute Gasteiger partial charge is 0.383 e. The van der Waals surface area contributed by atoms with Gasteiger partial charge in [0.15, 0.2) is 11.6 Å². The van der Waals surface area contributed by atoms with E-state index in [0.29, 0.717) is 38.5 Å². The third kappa shape index (κ3) is 3.57. The molecular weight excluding hydrogens is 467 g/mol. The minimum Gasteiger partial charge on any atom is -0.383 e. The number of nitrogens with zero attached hydrogens (tertiary/aromatic N) is 5. The van der Waals surface area contributed by atoms with Gasteiger partial charge in [0.1, 0.15) is 23.5 Å². The molecule has 0 bridgehead atoms. The van der Waals surface area contributed by atoms with E-state index >= 15 is 0 Å². The van der Waals surface area contributed by atoms with E-state index in [-0.39, 0.29) is 17.2 Å². The zero-order chi connectivity index (χ0) is 24.9. The number of anilines is 1. The predicted molar refractivity (Wildman–Crippen MR) is 138 cm³/mol. The van der Waals surface area contributed by atoms with Crippen molar-refractivity contribution in [3.63, 3.8) is 0 Å². The highest BCUT2D eigenvalue weighted by Gasteiger charge is 2.21. The van der Waals surface area contributed by atoms with Crippen molar-refractivity contribution in [3.05, 3.63) is 76.6 Å². The summed E-state index contributed by atoms with van der Waals surface area (Å²) in [4.78, 5) is 17.1. The Hall–Kier alpha value is -4.37. The molecule has 0 fully saturated rings. The number of para-hydroxylation sites is 1. The summed E-state index contributed by atoms with van der Waals surface area (Å²) in [5.41, 5.74) is 16.8. The maximum Gasteiger partial charge on any atom is 0.173 e. The van der Waals surface area contributed by atoms with Crippen molar-refractivity contribution in [2.75, 3.05) is 5.73 Å². The number of amidine groups is 1. The molecule has 35 heavy (non-hydrogen) atoms. The number of hydrogen-bond acceptors (Lipinski definition) is 5. The van der Waals surface area contributed by atoms with Crippen LogP contribution in [-0.4, -0.2) is 31.7 Å². The topological polar surface area (TPSA) is 132 Å². The Morgan fingerprint density at radius 3 is 2.74 bits per heavy atom. The molecule has 0 unspecified atom stereocenters. The van der Waals surface area contributed by atoms with E-state index in [1.54, 1.807) is 24.4 Å². The lowest BCUT2D eigenvalue weighted by Gasteiger charge is -2.15. The van der Waals surface area contributed by atoms with Crippen molar-refractivity contribution >= 4 is 51.5 Å². The number of aliphatic imine (C=N–C) groups is 1. The molecule has 174 valence electrons. The monoisotopic (exact) mass is 486 g/mol. The average molecular weight is 487 g/mol. The number of nitrogen functional groups attached to an aromatic ring is 1. The summed E-state index contributed by atoms with van der Waals surface area (Å²) in [6, 6.07) is 10.7. The molecule has 0 saturated heterocycles. The van der Waals surface area contributed by atoms with Gasteiger partial charge in [0.05, 0.1) is 21.7 Å². The molecule has 5 rings (SSSR count). The molecule has 3 heterocycles. The van der Waals surface area contributed by atoms with Gasteiger partial charge in [-0.3, -0.25) is 15.0 Å². The molecule has 0 saturated carbocycles. The standard InChI is InChI=1S/C25H20ClFN8/c1-12-10-32-21-16(4-3-5-18(21)26)23(12)35-13(2)34-22-17(24(29)33-11-28)8-14(9-19(22)35)15-6-7-31-25(30)20(15)27/h3-11H,1-2H3,(H2,30,31)(H3,28,29,33). The van der Waals surface area contributed by atoms with Gasteiger partial charge in [-0.1, -0.05) is 23.7 Å². The maximum atomic E-state index is 15.0.